The molecule has 0 amide bonds. The molecule has 0 aliphatic rings. The Hall–Kier alpha value is -1.38. The standard InChI is InChI=1S/C18H25NO/c1-4-19-18(13-20-12-14(2)3)17-10-9-15-7-5-6-8-16(15)11-17/h5-11,14,18-19H,4,12-13H2,1-3H3. The molecule has 0 aliphatic carbocycles. The fourth-order valence-corrected chi connectivity index (χ4v) is 2.37. The highest BCUT2D eigenvalue weighted by atomic mass is 16.5. The van der Waals surface area contributed by atoms with Crippen LogP contribution in [0.3, 0.4) is 0 Å². The molecule has 2 aromatic rings. The van der Waals surface area contributed by atoms with Gasteiger partial charge in [-0.3, -0.25) is 0 Å². The third-order valence-electron chi connectivity index (χ3n) is 3.36. The van der Waals surface area contributed by atoms with E-state index in [-0.39, 0.29) is 6.04 Å². The Morgan fingerprint density at radius 1 is 1.00 bits per heavy atom. The summed E-state index contributed by atoms with van der Waals surface area (Å²) in [5.74, 6) is 0.578. The van der Waals surface area contributed by atoms with Gasteiger partial charge in [0.15, 0.2) is 0 Å². The van der Waals surface area contributed by atoms with Crippen LogP contribution in [-0.4, -0.2) is 19.8 Å². The van der Waals surface area contributed by atoms with E-state index in [0.717, 1.165) is 19.8 Å². The first-order valence-corrected chi connectivity index (χ1v) is 7.50. The van der Waals surface area contributed by atoms with Crippen molar-refractivity contribution in [1.82, 2.24) is 5.32 Å². The summed E-state index contributed by atoms with van der Waals surface area (Å²) in [4.78, 5) is 0. The first-order valence-electron chi connectivity index (χ1n) is 7.50. The van der Waals surface area contributed by atoms with Gasteiger partial charge in [0, 0.05) is 6.61 Å². The molecule has 0 saturated heterocycles. The van der Waals surface area contributed by atoms with Gasteiger partial charge in [-0.05, 0) is 34.9 Å². The SMILES string of the molecule is CCNC(COCC(C)C)c1ccc2ccccc2c1. The van der Waals surface area contributed by atoms with E-state index in [1.54, 1.807) is 0 Å². The van der Waals surface area contributed by atoms with Gasteiger partial charge in [-0.15, -0.1) is 0 Å². The Kier molecular flexibility index (Phi) is 5.57. The Labute approximate surface area is 122 Å². The van der Waals surface area contributed by atoms with Crippen LogP contribution < -0.4 is 5.32 Å². The molecule has 2 nitrogen and oxygen atoms in total. The molecular weight excluding hydrogens is 246 g/mol. The van der Waals surface area contributed by atoms with E-state index in [1.165, 1.54) is 16.3 Å². The van der Waals surface area contributed by atoms with Crippen molar-refractivity contribution in [2.24, 2.45) is 5.92 Å². The van der Waals surface area contributed by atoms with E-state index in [1.807, 2.05) is 0 Å². The van der Waals surface area contributed by atoms with Gasteiger partial charge in [-0.2, -0.15) is 0 Å². The molecule has 20 heavy (non-hydrogen) atoms. The Bertz CT molecular complexity index is 536. The first kappa shape index (κ1) is 15.0. The minimum Gasteiger partial charge on any atom is -0.379 e. The molecule has 2 heteroatoms. The molecule has 0 bridgehead atoms. The lowest BCUT2D eigenvalue weighted by molar-refractivity contribution is 0.0905. The highest BCUT2D eigenvalue weighted by molar-refractivity contribution is 5.83. The average Bonchev–Trinajstić information content (AvgIpc) is 2.45. The predicted molar refractivity (Wildman–Crippen MR) is 86.0 cm³/mol. The maximum Gasteiger partial charge on any atom is 0.0661 e. The molecule has 0 aliphatic heterocycles. The van der Waals surface area contributed by atoms with E-state index >= 15 is 0 Å². The molecule has 0 fully saturated rings. The van der Waals surface area contributed by atoms with Gasteiger partial charge in [0.25, 0.3) is 0 Å². The van der Waals surface area contributed by atoms with Crippen molar-refractivity contribution >= 4 is 10.8 Å². The number of rotatable bonds is 7. The van der Waals surface area contributed by atoms with E-state index in [4.69, 9.17) is 4.74 Å². The number of nitrogens with one attached hydrogen (secondary N) is 1. The highest BCUT2D eigenvalue weighted by Gasteiger charge is 2.11. The van der Waals surface area contributed by atoms with Crippen LogP contribution in [0.4, 0.5) is 0 Å². The topological polar surface area (TPSA) is 21.3 Å². The van der Waals surface area contributed by atoms with E-state index < -0.39 is 0 Å². The summed E-state index contributed by atoms with van der Waals surface area (Å²) in [6.45, 7) is 8.98. The molecule has 0 aromatic heterocycles. The van der Waals surface area contributed by atoms with Gasteiger partial charge >= 0.3 is 0 Å². The fraction of sp³-hybridized carbons (Fsp3) is 0.444. The Balaban J connectivity index is 2.13. The molecule has 108 valence electrons. The second-order valence-electron chi connectivity index (χ2n) is 5.65. The van der Waals surface area contributed by atoms with Gasteiger partial charge in [0.2, 0.25) is 0 Å². The van der Waals surface area contributed by atoms with Crippen molar-refractivity contribution in [1.29, 1.82) is 0 Å². The van der Waals surface area contributed by atoms with E-state index in [0.29, 0.717) is 5.92 Å². The molecule has 2 aromatic carbocycles. The zero-order valence-corrected chi connectivity index (χ0v) is 12.7. The zero-order valence-electron chi connectivity index (χ0n) is 12.7. The van der Waals surface area contributed by atoms with Crippen LogP contribution in [0.1, 0.15) is 32.4 Å². The summed E-state index contributed by atoms with van der Waals surface area (Å²) in [6, 6.07) is 15.4. The Morgan fingerprint density at radius 3 is 2.45 bits per heavy atom. The van der Waals surface area contributed by atoms with E-state index in [2.05, 4.69) is 68.6 Å². The maximum absolute atomic E-state index is 5.81. The predicted octanol–water partition coefficient (Wildman–Crippen LogP) is 4.16. The van der Waals surface area contributed by atoms with Crippen molar-refractivity contribution in [3.8, 4) is 0 Å². The molecule has 0 radical (unpaired) electrons. The van der Waals surface area contributed by atoms with Crippen LogP contribution in [0.15, 0.2) is 42.5 Å². The molecule has 0 saturated carbocycles. The highest BCUT2D eigenvalue weighted by Crippen LogP contribution is 2.21. The molecule has 0 spiro atoms. The monoisotopic (exact) mass is 271 g/mol. The maximum atomic E-state index is 5.81. The number of likely N-dealkylation sites (N-methyl/N-ethyl adjacent to an activating group) is 1. The van der Waals surface area contributed by atoms with Crippen molar-refractivity contribution in [3.63, 3.8) is 0 Å². The van der Waals surface area contributed by atoms with Crippen molar-refractivity contribution in [2.75, 3.05) is 19.8 Å². The third kappa shape index (κ3) is 4.06. The summed E-state index contributed by atoms with van der Waals surface area (Å²) in [6.07, 6.45) is 0. The van der Waals surface area contributed by atoms with Gasteiger partial charge in [-0.25, -0.2) is 0 Å². The lowest BCUT2D eigenvalue weighted by Crippen LogP contribution is -2.26. The lowest BCUT2D eigenvalue weighted by Gasteiger charge is -2.19. The molecular formula is C18H25NO. The zero-order chi connectivity index (χ0) is 14.4. The summed E-state index contributed by atoms with van der Waals surface area (Å²) >= 11 is 0. The quantitative estimate of drug-likeness (QED) is 0.816. The number of fused-ring (bicyclic) bond motifs is 1. The normalized spacial score (nSPS) is 13.0. The van der Waals surface area contributed by atoms with Crippen LogP contribution in [0.2, 0.25) is 0 Å². The van der Waals surface area contributed by atoms with Crippen LogP contribution in [0, 0.1) is 5.92 Å². The number of benzene rings is 2. The second-order valence-corrected chi connectivity index (χ2v) is 5.65. The molecule has 2 rings (SSSR count). The van der Waals surface area contributed by atoms with Crippen LogP contribution in [0.25, 0.3) is 10.8 Å². The number of hydrogen-bond acceptors (Lipinski definition) is 2. The van der Waals surface area contributed by atoms with Crippen molar-refractivity contribution in [3.05, 3.63) is 48.0 Å². The molecule has 1 unspecified atom stereocenters. The number of ether oxygens (including phenoxy) is 1. The Morgan fingerprint density at radius 2 is 1.75 bits per heavy atom. The van der Waals surface area contributed by atoms with Crippen molar-refractivity contribution in [2.45, 2.75) is 26.8 Å². The van der Waals surface area contributed by atoms with Crippen LogP contribution in [-0.2, 0) is 4.74 Å². The van der Waals surface area contributed by atoms with Gasteiger partial charge in [0.1, 0.15) is 0 Å². The molecule has 1 N–H and O–H groups in total. The summed E-state index contributed by atoms with van der Waals surface area (Å²) < 4.78 is 5.81. The van der Waals surface area contributed by atoms with Crippen LogP contribution >= 0.6 is 0 Å². The summed E-state index contributed by atoms with van der Waals surface area (Å²) in [5.41, 5.74) is 1.30. The van der Waals surface area contributed by atoms with Crippen molar-refractivity contribution < 1.29 is 4.74 Å². The average molecular weight is 271 g/mol. The smallest absolute Gasteiger partial charge is 0.0661 e. The molecule has 1 atom stereocenters. The van der Waals surface area contributed by atoms with E-state index in [9.17, 15) is 0 Å². The number of hydrogen-bond donors (Lipinski definition) is 1. The summed E-state index contributed by atoms with van der Waals surface area (Å²) in [7, 11) is 0. The second kappa shape index (κ2) is 7.41. The first-order chi connectivity index (χ1) is 9.70. The third-order valence-corrected chi connectivity index (χ3v) is 3.36. The molecule has 0 heterocycles. The minimum absolute atomic E-state index is 0.267. The van der Waals surface area contributed by atoms with Gasteiger partial charge in [-0.1, -0.05) is 57.2 Å². The van der Waals surface area contributed by atoms with Gasteiger partial charge in [0.05, 0.1) is 12.6 Å². The van der Waals surface area contributed by atoms with Crippen LogP contribution in [0.5, 0.6) is 0 Å². The lowest BCUT2D eigenvalue weighted by atomic mass is 10.0. The summed E-state index contributed by atoms with van der Waals surface area (Å²) in [5, 5.41) is 6.09. The van der Waals surface area contributed by atoms with Gasteiger partial charge < -0.3 is 10.1 Å². The fourth-order valence-electron chi connectivity index (χ4n) is 2.37. The largest absolute Gasteiger partial charge is 0.379 e. The minimum atomic E-state index is 0.267.